The highest BCUT2D eigenvalue weighted by Gasteiger charge is 2.28. The number of rotatable bonds is 6. The molecule has 1 aliphatic heterocycles. The van der Waals surface area contributed by atoms with E-state index in [-0.39, 0.29) is 5.56 Å². The number of hydrogen-bond donors (Lipinski definition) is 0. The topological polar surface area (TPSA) is 50.6 Å². The van der Waals surface area contributed by atoms with Gasteiger partial charge in [0.05, 0.1) is 13.3 Å². The van der Waals surface area contributed by atoms with Gasteiger partial charge in [-0.3, -0.25) is 19.2 Å². The summed E-state index contributed by atoms with van der Waals surface area (Å²) >= 11 is 6.45. The number of nitrogens with zero attached hydrogens (tertiary/aromatic N) is 4. The molecular weight excluding hydrogens is 460 g/mol. The van der Waals surface area contributed by atoms with Crippen LogP contribution in [0.5, 0.6) is 11.5 Å². The molecule has 1 aliphatic rings. The predicted octanol–water partition coefficient (Wildman–Crippen LogP) is 6.13. The van der Waals surface area contributed by atoms with E-state index >= 15 is 0 Å². The Morgan fingerprint density at radius 3 is 2.31 bits per heavy atom. The molecule has 0 amide bonds. The van der Waals surface area contributed by atoms with Crippen molar-refractivity contribution in [2.24, 2.45) is 0 Å². The van der Waals surface area contributed by atoms with Gasteiger partial charge in [-0.1, -0.05) is 54.9 Å². The molecule has 0 radical (unpaired) electrons. The number of benzene rings is 3. The molecule has 0 atom stereocenters. The number of halogens is 1. The maximum absolute atomic E-state index is 13.4. The molecular formula is C28H27ClN4O2. The quantitative estimate of drug-likeness (QED) is 0.328. The Labute approximate surface area is 210 Å². The number of hydrogen-bond acceptors (Lipinski definition) is 5. The van der Waals surface area contributed by atoms with E-state index in [1.54, 1.807) is 4.57 Å². The average Bonchev–Trinajstić information content (AvgIpc) is 2.87. The van der Waals surface area contributed by atoms with Gasteiger partial charge in [0.1, 0.15) is 11.5 Å². The van der Waals surface area contributed by atoms with Gasteiger partial charge >= 0.3 is 0 Å². The predicted molar refractivity (Wildman–Crippen MR) is 140 cm³/mol. The molecule has 0 saturated carbocycles. The number of aryl methyl sites for hydroxylation is 1. The van der Waals surface area contributed by atoms with Gasteiger partial charge in [0.2, 0.25) is 5.95 Å². The molecule has 178 valence electrons. The SMILES string of the molecule is CCc1c(C)nc2n(c1=O)CN(Cc1ccccc1Cl)CN2c1ccc(Oc2ccccc2)cc1. The van der Waals surface area contributed by atoms with Gasteiger partial charge in [-0.25, -0.2) is 4.98 Å². The lowest BCUT2D eigenvalue weighted by molar-refractivity contribution is 0.190. The van der Waals surface area contributed by atoms with Gasteiger partial charge in [0.25, 0.3) is 5.56 Å². The number of ether oxygens (including phenoxy) is 1. The van der Waals surface area contributed by atoms with Gasteiger partial charge in [-0.05, 0) is 61.4 Å². The van der Waals surface area contributed by atoms with Crippen molar-refractivity contribution in [3.05, 3.63) is 111 Å². The number of fused-ring (bicyclic) bond motifs is 1. The molecule has 35 heavy (non-hydrogen) atoms. The Bertz CT molecular complexity index is 1390. The molecule has 6 nitrogen and oxygen atoms in total. The van der Waals surface area contributed by atoms with Crippen LogP contribution in [0.25, 0.3) is 0 Å². The minimum Gasteiger partial charge on any atom is -0.457 e. The zero-order valence-corrected chi connectivity index (χ0v) is 20.6. The second-order valence-corrected chi connectivity index (χ2v) is 9.01. The highest BCUT2D eigenvalue weighted by molar-refractivity contribution is 6.31. The van der Waals surface area contributed by atoms with Crippen molar-refractivity contribution in [2.75, 3.05) is 11.6 Å². The van der Waals surface area contributed by atoms with Crippen LogP contribution in [0.1, 0.15) is 23.7 Å². The van der Waals surface area contributed by atoms with Crippen molar-refractivity contribution >= 4 is 23.2 Å². The molecule has 0 saturated heterocycles. The van der Waals surface area contributed by atoms with Crippen molar-refractivity contribution in [3.63, 3.8) is 0 Å². The first kappa shape index (κ1) is 23.1. The highest BCUT2D eigenvalue weighted by atomic mass is 35.5. The maximum Gasteiger partial charge on any atom is 0.259 e. The Morgan fingerprint density at radius 1 is 0.914 bits per heavy atom. The highest BCUT2D eigenvalue weighted by Crippen LogP contribution is 2.31. The first-order valence-corrected chi connectivity index (χ1v) is 12.1. The monoisotopic (exact) mass is 486 g/mol. The van der Waals surface area contributed by atoms with Crippen LogP contribution in [-0.4, -0.2) is 21.1 Å². The first-order chi connectivity index (χ1) is 17.0. The number of anilines is 2. The van der Waals surface area contributed by atoms with Crippen LogP contribution in [0.15, 0.2) is 83.7 Å². The third kappa shape index (κ3) is 4.81. The third-order valence-electron chi connectivity index (χ3n) is 6.21. The summed E-state index contributed by atoms with van der Waals surface area (Å²) in [5.74, 6) is 2.18. The third-order valence-corrected chi connectivity index (χ3v) is 6.57. The van der Waals surface area contributed by atoms with Crippen molar-refractivity contribution in [1.82, 2.24) is 14.5 Å². The summed E-state index contributed by atoms with van der Waals surface area (Å²) in [5, 5.41) is 0.718. The van der Waals surface area contributed by atoms with Crippen molar-refractivity contribution in [3.8, 4) is 11.5 Å². The van der Waals surface area contributed by atoms with Crippen molar-refractivity contribution < 1.29 is 4.74 Å². The molecule has 0 bridgehead atoms. The van der Waals surface area contributed by atoms with Crippen molar-refractivity contribution in [1.29, 1.82) is 0 Å². The molecule has 0 fully saturated rings. The van der Waals surface area contributed by atoms with Gasteiger partial charge in [0, 0.05) is 28.5 Å². The molecule has 4 aromatic rings. The van der Waals surface area contributed by atoms with Crippen LogP contribution in [0.3, 0.4) is 0 Å². The van der Waals surface area contributed by atoms with E-state index < -0.39 is 0 Å². The van der Waals surface area contributed by atoms with E-state index in [9.17, 15) is 4.79 Å². The standard InChI is InChI=1S/C28H27ClN4O2/c1-3-25-20(2)30-28-32(22-13-15-24(16-14-22)35-23-10-5-4-6-11-23)18-31(19-33(28)27(25)34)17-21-9-7-8-12-26(21)29/h4-16H,3,17-19H2,1-2H3. The fraction of sp³-hybridized carbons (Fsp3) is 0.214. The van der Waals surface area contributed by atoms with Crippen molar-refractivity contribution in [2.45, 2.75) is 33.5 Å². The summed E-state index contributed by atoms with van der Waals surface area (Å²) in [6.07, 6.45) is 0.647. The molecule has 0 N–H and O–H groups in total. The zero-order valence-electron chi connectivity index (χ0n) is 19.8. The summed E-state index contributed by atoms with van der Waals surface area (Å²) in [6, 6.07) is 25.4. The van der Waals surface area contributed by atoms with Crippen LogP contribution < -0.4 is 15.2 Å². The Hall–Kier alpha value is -3.61. The summed E-state index contributed by atoms with van der Waals surface area (Å²) in [4.78, 5) is 22.5. The molecule has 3 aromatic carbocycles. The summed E-state index contributed by atoms with van der Waals surface area (Å²) in [7, 11) is 0. The molecule has 1 aromatic heterocycles. The lowest BCUT2D eigenvalue weighted by Crippen LogP contribution is -2.47. The van der Waals surface area contributed by atoms with Crippen LogP contribution in [0.4, 0.5) is 11.6 Å². The Kier molecular flexibility index (Phi) is 6.57. The zero-order chi connectivity index (χ0) is 24.4. The number of para-hydroxylation sites is 1. The Morgan fingerprint density at radius 2 is 1.60 bits per heavy atom. The fourth-order valence-corrected chi connectivity index (χ4v) is 4.61. The smallest absolute Gasteiger partial charge is 0.259 e. The molecule has 2 heterocycles. The normalized spacial score (nSPS) is 13.5. The van der Waals surface area contributed by atoms with E-state index in [1.807, 2.05) is 92.7 Å². The van der Waals surface area contributed by atoms with Crippen LogP contribution in [0.2, 0.25) is 5.02 Å². The summed E-state index contributed by atoms with van der Waals surface area (Å²) in [6.45, 7) is 5.54. The summed E-state index contributed by atoms with van der Waals surface area (Å²) < 4.78 is 7.72. The van der Waals surface area contributed by atoms with Gasteiger partial charge in [-0.15, -0.1) is 0 Å². The lowest BCUT2D eigenvalue weighted by Gasteiger charge is -2.38. The second kappa shape index (κ2) is 9.94. The van der Waals surface area contributed by atoms with E-state index in [2.05, 4.69) is 9.80 Å². The molecule has 7 heteroatoms. The minimum absolute atomic E-state index is 0.00731. The molecule has 0 spiro atoms. The molecule has 0 unspecified atom stereocenters. The van der Waals surface area contributed by atoms with E-state index in [1.165, 1.54) is 0 Å². The van der Waals surface area contributed by atoms with Crippen LogP contribution in [0, 0.1) is 6.92 Å². The summed E-state index contributed by atoms with van der Waals surface area (Å²) in [5.41, 5.74) is 3.48. The lowest BCUT2D eigenvalue weighted by atomic mass is 10.2. The van der Waals surface area contributed by atoms with E-state index in [4.69, 9.17) is 21.3 Å². The largest absolute Gasteiger partial charge is 0.457 e. The maximum atomic E-state index is 13.4. The molecule has 5 rings (SSSR count). The van der Waals surface area contributed by atoms with Gasteiger partial charge in [0.15, 0.2) is 0 Å². The minimum atomic E-state index is 0.00731. The van der Waals surface area contributed by atoms with E-state index in [0.717, 1.165) is 39.0 Å². The van der Waals surface area contributed by atoms with E-state index in [0.29, 0.717) is 32.3 Å². The van der Waals surface area contributed by atoms with Gasteiger partial charge in [-0.2, -0.15) is 0 Å². The van der Waals surface area contributed by atoms with Gasteiger partial charge < -0.3 is 4.74 Å². The fourth-order valence-electron chi connectivity index (χ4n) is 4.42. The Balaban J connectivity index is 1.50. The first-order valence-electron chi connectivity index (χ1n) is 11.7. The second-order valence-electron chi connectivity index (χ2n) is 8.60. The molecule has 0 aliphatic carbocycles. The average molecular weight is 487 g/mol. The van der Waals surface area contributed by atoms with Crippen LogP contribution in [-0.2, 0) is 19.6 Å². The van der Waals surface area contributed by atoms with Crippen LogP contribution >= 0.6 is 11.6 Å². The number of aromatic nitrogens is 2.